The Kier molecular flexibility index (Phi) is 6.48. The van der Waals surface area contributed by atoms with Gasteiger partial charge >= 0.3 is 5.97 Å². The summed E-state index contributed by atoms with van der Waals surface area (Å²) in [7, 11) is 0. The minimum atomic E-state index is -0.475. The molecule has 2 N–H and O–H groups in total. The molecule has 1 unspecified atom stereocenters. The Bertz CT molecular complexity index is 74.4. The average Bonchev–Trinajstić information content (AvgIpc) is 1.27. The van der Waals surface area contributed by atoms with E-state index in [4.69, 9.17) is 5.73 Å². The van der Waals surface area contributed by atoms with Gasteiger partial charge in [0.25, 0.3) is 0 Å². The molecule has 3 nitrogen and oxygen atoms in total. The Hall–Kier alpha value is -0.280. The maximum atomic E-state index is 9.95. The van der Waals surface area contributed by atoms with Gasteiger partial charge in [0, 0.05) is 6.92 Å². The molecule has 0 heterocycles. The standard InChI is InChI=1S/C4H9NO2.ClH/c1-3(5)7-4(2)6;/h3H,5H2,1-2H3;1H. The van der Waals surface area contributed by atoms with Crippen LogP contribution in [0.25, 0.3) is 0 Å². The van der Waals surface area contributed by atoms with Crippen molar-refractivity contribution in [1.82, 2.24) is 0 Å². The minimum absolute atomic E-state index is 0. The van der Waals surface area contributed by atoms with Gasteiger partial charge in [0.2, 0.25) is 0 Å². The molecule has 1 atom stereocenters. The van der Waals surface area contributed by atoms with E-state index < -0.39 is 6.23 Å². The van der Waals surface area contributed by atoms with E-state index in [0.29, 0.717) is 0 Å². The summed E-state index contributed by atoms with van der Waals surface area (Å²) < 4.78 is 4.39. The molecule has 0 aromatic rings. The van der Waals surface area contributed by atoms with Crippen LogP contribution in [0.15, 0.2) is 0 Å². The lowest BCUT2D eigenvalue weighted by atomic mass is 10.7. The predicted molar refractivity (Wildman–Crippen MR) is 32.7 cm³/mol. The van der Waals surface area contributed by atoms with E-state index in [1.807, 2.05) is 0 Å². The number of nitrogens with two attached hydrogens (primary N) is 1. The van der Waals surface area contributed by atoms with Crippen LogP contribution in [-0.4, -0.2) is 12.2 Å². The number of carbonyl (C=O) groups excluding carboxylic acids is 1. The lowest BCUT2D eigenvalue weighted by Gasteiger charge is -2.02. The van der Waals surface area contributed by atoms with Crippen LogP contribution in [0.2, 0.25) is 0 Å². The Morgan fingerprint density at radius 1 is 1.75 bits per heavy atom. The molecule has 0 saturated heterocycles. The molecular weight excluding hydrogens is 130 g/mol. The van der Waals surface area contributed by atoms with Crippen LogP contribution in [0.4, 0.5) is 0 Å². The Balaban J connectivity index is 0. The summed E-state index contributed by atoms with van der Waals surface area (Å²) in [5.74, 6) is -0.338. The zero-order valence-corrected chi connectivity index (χ0v) is 5.70. The van der Waals surface area contributed by atoms with E-state index in [0.717, 1.165) is 0 Å². The summed E-state index contributed by atoms with van der Waals surface area (Å²) in [5.41, 5.74) is 5.05. The Labute approximate surface area is 54.6 Å². The second-order valence-corrected chi connectivity index (χ2v) is 1.31. The normalized spacial score (nSPS) is 11.4. The van der Waals surface area contributed by atoms with Crippen molar-refractivity contribution in [1.29, 1.82) is 0 Å². The number of hydrogen-bond acceptors (Lipinski definition) is 3. The molecule has 0 aliphatic carbocycles. The highest BCUT2D eigenvalue weighted by atomic mass is 35.5. The molecule has 50 valence electrons. The molecule has 0 fully saturated rings. The van der Waals surface area contributed by atoms with E-state index in [1.54, 1.807) is 6.92 Å². The molecule has 0 saturated carbocycles. The lowest BCUT2D eigenvalue weighted by Crippen LogP contribution is -2.21. The lowest BCUT2D eigenvalue weighted by molar-refractivity contribution is -0.145. The van der Waals surface area contributed by atoms with Crippen molar-refractivity contribution in [3.05, 3.63) is 0 Å². The fourth-order valence-corrected chi connectivity index (χ4v) is 0.262. The van der Waals surface area contributed by atoms with E-state index >= 15 is 0 Å². The van der Waals surface area contributed by atoms with Gasteiger partial charge in [-0.2, -0.15) is 0 Å². The summed E-state index contributed by atoms with van der Waals surface area (Å²) in [6.07, 6.45) is -0.475. The number of esters is 1. The van der Waals surface area contributed by atoms with Gasteiger partial charge in [-0.25, -0.2) is 0 Å². The van der Waals surface area contributed by atoms with Crippen molar-refractivity contribution < 1.29 is 9.53 Å². The van der Waals surface area contributed by atoms with Crippen LogP contribution in [-0.2, 0) is 9.53 Å². The molecule has 0 radical (unpaired) electrons. The summed E-state index contributed by atoms with van der Waals surface area (Å²) in [5, 5.41) is 0. The van der Waals surface area contributed by atoms with Crippen molar-refractivity contribution in [2.45, 2.75) is 20.1 Å². The van der Waals surface area contributed by atoms with Gasteiger partial charge in [0.15, 0.2) is 0 Å². The monoisotopic (exact) mass is 139 g/mol. The van der Waals surface area contributed by atoms with Crippen LogP contribution in [0.3, 0.4) is 0 Å². The fraction of sp³-hybridized carbons (Fsp3) is 0.750. The van der Waals surface area contributed by atoms with Crippen LogP contribution in [0.5, 0.6) is 0 Å². The topological polar surface area (TPSA) is 52.3 Å². The van der Waals surface area contributed by atoms with Gasteiger partial charge in [-0.1, -0.05) is 0 Å². The first kappa shape index (κ1) is 10.7. The number of ether oxygens (including phenoxy) is 1. The van der Waals surface area contributed by atoms with E-state index in [9.17, 15) is 4.79 Å². The zero-order chi connectivity index (χ0) is 5.86. The van der Waals surface area contributed by atoms with Crippen molar-refractivity contribution >= 4 is 18.4 Å². The van der Waals surface area contributed by atoms with Gasteiger partial charge in [-0.15, -0.1) is 12.4 Å². The van der Waals surface area contributed by atoms with Crippen LogP contribution >= 0.6 is 12.4 Å². The molecule has 0 aromatic carbocycles. The van der Waals surface area contributed by atoms with Gasteiger partial charge in [-0.05, 0) is 6.92 Å². The first-order valence-corrected chi connectivity index (χ1v) is 2.05. The second kappa shape index (κ2) is 4.87. The maximum absolute atomic E-state index is 9.95. The summed E-state index contributed by atoms with van der Waals surface area (Å²) in [6, 6.07) is 0. The average molecular weight is 140 g/mol. The van der Waals surface area contributed by atoms with E-state index in [1.165, 1.54) is 6.92 Å². The molecule has 0 aliphatic heterocycles. The van der Waals surface area contributed by atoms with Crippen LogP contribution < -0.4 is 5.73 Å². The van der Waals surface area contributed by atoms with Crippen molar-refractivity contribution in [3.63, 3.8) is 0 Å². The second-order valence-electron chi connectivity index (χ2n) is 1.31. The highest BCUT2D eigenvalue weighted by molar-refractivity contribution is 5.85. The van der Waals surface area contributed by atoms with Gasteiger partial charge < -0.3 is 4.74 Å². The van der Waals surface area contributed by atoms with Crippen molar-refractivity contribution in [2.75, 3.05) is 0 Å². The quantitative estimate of drug-likeness (QED) is 0.419. The molecule has 0 spiro atoms. The highest BCUT2D eigenvalue weighted by Crippen LogP contribution is 1.78. The number of halogens is 1. The minimum Gasteiger partial charge on any atom is -0.447 e. The summed E-state index contributed by atoms with van der Waals surface area (Å²) in [6.45, 7) is 2.92. The van der Waals surface area contributed by atoms with E-state index in [2.05, 4.69) is 4.74 Å². The summed E-state index contributed by atoms with van der Waals surface area (Å²) >= 11 is 0. The largest absolute Gasteiger partial charge is 0.447 e. The Morgan fingerprint density at radius 3 is 2.12 bits per heavy atom. The number of hydrogen-bond donors (Lipinski definition) is 1. The molecule has 0 aliphatic rings. The molecular formula is C4H10ClNO2. The van der Waals surface area contributed by atoms with Gasteiger partial charge in [0.05, 0.1) is 0 Å². The molecule has 0 rings (SSSR count). The molecule has 0 bridgehead atoms. The predicted octanol–water partition coefficient (Wildman–Crippen LogP) is 0.276. The number of carbonyl (C=O) groups is 1. The molecule has 0 aromatic heterocycles. The number of rotatable bonds is 1. The van der Waals surface area contributed by atoms with Crippen LogP contribution in [0, 0.1) is 0 Å². The Morgan fingerprint density at radius 2 is 2.12 bits per heavy atom. The molecule has 8 heavy (non-hydrogen) atoms. The smallest absolute Gasteiger partial charge is 0.304 e. The first-order valence-electron chi connectivity index (χ1n) is 2.05. The van der Waals surface area contributed by atoms with Crippen molar-refractivity contribution in [2.24, 2.45) is 5.73 Å². The van der Waals surface area contributed by atoms with Gasteiger partial charge in [-0.3, -0.25) is 10.5 Å². The van der Waals surface area contributed by atoms with Crippen LogP contribution in [0.1, 0.15) is 13.8 Å². The third-order valence-electron chi connectivity index (χ3n) is 0.352. The molecule has 4 heteroatoms. The van der Waals surface area contributed by atoms with E-state index in [-0.39, 0.29) is 18.4 Å². The summed E-state index contributed by atoms with van der Waals surface area (Å²) in [4.78, 5) is 9.95. The fourth-order valence-electron chi connectivity index (χ4n) is 0.262. The first-order chi connectivity index (χ1) is 3.13. The SMILES string of the molecule is CC(=O)OC(C)N.Cl. The maximum Gasteiger partial charge on any atom is 0.304 e. The van der Waals surface area contributed by atoms with Gasteiger partial charge in [0.1, 0.15) is 6.23 Å². The third kappa shape index (κ3) is 9.21. The third-order valence-corrected chi connectivity index (χ3v) is 0.352. The highest BCUT2D eigenvalue weighted by Gasteiger charge is 1.93. The molecule has 0 amide bonds. The van der Waals surface area contributed by atoms with Crippen molar-refractivity contribution in [3.8, 4) is 0 Å². The zero-order valence-electron chi connectivity index (χ0n) is 4.88.